The fraction of sp³-hybridized carbons (Fsp3) is 1.00. The van der Waals surface area contributed by atoms with Crippen LogP contribution in [0.25, 0.3) is 0 Å². The van der Waals surface area contributed by atoms with E-state index in [4.69, 9.17) is 33.4 Å². The number of hydrogen-bond acceptors (Lipinski definition) is 2. The molecule has 0 unspecified atom stereocenters. The minimum absolute atomic E-state index is 0.109. The average Bonchev–Trinajstić information content (AvgIpc) is 1.85. The quantitative estimate of drug-likeness (QED) is 0.643. The third-order valence-electron chi connectivity index (χ3n) is 1.16. The third kappa shape index (κ3) is 4.34. The summed E-state index contributed by atoms with van der Waals surface area (Å²) in [7, 11) is 0. The van der Waals surface area contributed by atoms with Crippen molar-refractivity contribution in [2.75, 3.05) is 6.61 Å². The molecule has 2 nitrogen and oxygen atoms in total. The molecular weight excluding hydrogens is 175 g/mol. The van der Waals surface area contributed by atoms with Gasteiger partial charge in [-0.05, 0) is 13.3 Å². The lowest BCUT2D eigenvalue weighted by Gasteiger charge is -2.15. The molecule has 0 aromatic rings. The molecule has 10 heavy (non-hydrogen) atoms. The van der Waals surface area contributed by atoms with E-state index >= 15 is 0 Å². The second kappa shape index (κ2) is 5.19. The van der Waals surface area contributed by atoms with Gasteiger partial charge >= 0.3 is 0 Å². The Hall–Kier alpha value is 0.500. The van der Waals surface area contributed by atoms with Gasteiger partial charge in [-0.15, -0.1) is 23.2 Å². The van der Waals surface area contributed by atoms with Gasteiger partial charge in [-0.2, -0.15) is 0 Å². The first-order valence-corrected chi connectivity index (χ1v) is 4.02. The molecule has 0 aliphatic rings. The monoisotopic (exact) mass is 186 g/mol. The van der Waals surface area contributed by atoms with E-state index in [-0.39, 0.29) is 12.0 Å². The van der Waals surface area contributed by atoms with Crippen LogP contribution < -0.4 is 0 Å². The molecule has 2 N–H and O–H groups in total. The summed E-state index contributed by atoms with van der Waals surface area (Å²) in [6.45, 7) is 1.55. The Morgan fingerprint density at radius 2 is 1.90 bits per heavy atom. The Balaban J connectivity index is 3.50. The van der Waals surface area contributed by atoms with Gasteiger partial charge in [0, 0.05) is 5.38 Å². The molecule has 62 valence electrons. The maximum atomic E-state index is 9.11. The maximum Gasteiger partial charge on any atom is 0.0826 e. The second-order valence-corrected chi connectivity index (χ2v) is 3.59. The minimum atomic E-state index is -0.709. The fourth-order valence-electron chi connectivity index (χ4n) is 0.602. The Labute approximate surface area is 70.8 Å². The van der Waals surface area contributed by atoms with Crippen LogP contribution in [-0.4, -0.2) is 33.7 Å². The van der Waals surface area contributed by atoms with Crippen molar-refractivity contribution in [3.63, 3.8) is 0 Å². The van der Waals surface area contributed by atoms with Crippen LogP contribution in [-0.2, 0) is 0 Å². The van der Waals surface area contributed by atoms with Gasteiger partial charge in [0.2, 0.25) is 0 Å². The molecule has 0 radical (unpaired) electrons. The fourth-order valence-corrected chi connectivity index (χ4v) is 0.888. The molecular formula is C6H12Cl2O2. The van der Waals surface area contributed by atoms with Crippen LogP contribution in [0.4, 0.5) is 0 Å². The van der Waals surface area contributed by atoms with Gasteiger partial charge in [-0.3, -0.25) is 0 Å². The summed E-state index contributed by atoms with van der Waals surface area (Å²) in [6, 6.07) is 0. The predicted molar refractivity (Wildman–Crippen MR) is 42.7 cm³/mol. The summed E-state index contributed by atoms with van der Waals surface area (Å²) >= 11 is 11.1. The predicted octanol–water partition coefficient (Wildman–Crippen LogP) is 0.964. The molecule has 0 aromatic carbocycles. The van der Waals surface area contributed by atoms with Gasteiger partial charge in [0.1, 0.15) is 0 Å². The summed E-state index contributed by atoms with van der Waals surface area (Å²) in [5.41, 5.74) is 0. The molecule has 0 aromatic heterocycles. The first kappa shape index (κ1) is 10.5. The Bertz CT molecular complexity index is 87.8. The van der Waals surface area contributed by atoms with E-state index in [0.717, 1.165) is 0 Å². The number of aliphatic hydroxyl groups excluding tert-OH is 2. The van der Waals surface area contributed by atoms with Gasteiger partial charge in [-0.1, -0.05) is 0 Å². The maximum absolute atomic E-state index is 9.11. The number of aliphatic hydroxyl groups is 2. The average molecular weight is 187 g/mol. The zero-order valence-electron chi connectivity index (χ0n) is 5.80. The van der Waals surface area contributed by atoms with E-state index in [0.29, 0.717) is 6.42 Å². The lowest BCUT2D eigenvalue weighted by molar-refractivity contribution is 0.130. The summed E-state index contributed by atoms with van der Waals surface area (Å²) in [5.74, 6) is 0. The molecule has 0 bridgehead atoms. The van der Waals surface area contributed by atoms with E-state index in [1.165, 1.54) is 0 Å². The van der Waals surface area contributed by atoms with E-state index in [1.54, 1.807) is 6.92 Å². The summed E-state index contributed by atoms with van der Waals surface area (Å²) in [5, 5.41) is 16.9. The second-order valence-electron chi connectivity index (χ2n) is 2.28. The van der Waals surface area contributed by atoms with E-state index < -0.39 is 11.5 Å². The van der Waals surface area contributed by atoms with Crippen LogP contribution in [0, 0.1) is 0 Å². The van der Waals surface area contributed by atoms with Crippen molar-refractivity contribution in [2.24, 2.45) is 0 Å². The third-order valence-corrected chi connectivity index (χ3v) is 1.77. The zero-order valence-corrected chi connectivity index (χ0v) is 7.31. The van der Waals surface area contributed by atoms with Crippen molar-refractivity contribution in [3.05, 3.63) is 0 Å². The molecule has 0 amide bonds. The molecule has 4 heteroatoms. The topological polar surface area (TPSA) is 40.5 Å². The van der Waals surface area contributed by atoms with Gasteiger partial charge in [0.05, 0.1) is 18.1 Å². The van der Waals surface area contributed by atoms with Crippen molar-refractivity contribution in [1.82, 2.24) is 0 Å². The van der Waals surface area contributed by atoms with Crippen molar-refractivity contribution in [3.8, 4) is 0 Å². The highest BCUT2D eigenvalue weighted by atomic mass is 35.5. The molecule has 0 aliphatic carbocycles. The highest BCUT2D eigenvalue weighted by Crippen LogP contribution is 2.11. The highest BCUT2D eigenvalue weighted by Gasteiger charge is 2.16. The zero-order chi connectivity index (χ0) is 8.15. The smallest absolute Gasteiger partial charge is 0.0826 e. The Morgan fingerprint density at radius 3 is 2.20 bits per heavy atom. The molecule has 0 saturated carbocycles. The standard InChI is InChI=1S/C6H12Cl2O2/c1-4(7)2-6(10)5(8)3-9/h4-6,9-10H,2-3H2,1H3/t4-,5+,6+/m1/s1. The van der Waals surface area contributed by atoms with Crippen molar-refractivity contribution in [2.45, 2.75) is 30.2 Å². The summed E-state index contributed by atoms with van der Waals surface area (Å²) < 4.78 is 0. The number of alkyl halides is 2. The van der Waals surface area contributed by atoms with Gasteiger partial charge in [0.25, 0.3) is 0 Å². The van der Waals surface area contributed by atoms with Crippen molar-refractivity contribution < 1.29 is 10.2 Å². The van der Waals surface area contributed by atoms with Crippen LogP contribution in [0.5, 0.6) is 0 Å². The van der Waals surface area contributed by atoms with E-state index in [9.17, 15) is 0 Å². The van der Waals surface area contributed by atoms with Gasteiger partial charge < -0.3 is 10.2 Å². The molecule has 0 aliphatic heterocycles. The lowest BCUT2D eigenvalue weighted by Crippen LogP contribution is -2.26. The van der Waals surface area contributed by atoms with E-state index in [2.05, 4.69) is 0 Å². The largest absolute Gasteiger partial charge is 0.395 e. The van der Waals surface area contributed by atoms with Crippen LogP contribution >= 0.6 is 23.2 Å². The Morgan fingerprint density at radius 1 is 1.40 bits per heavy atom. The highest BCUT2D eigenvalue weighted by molar-refractivity contribution is 6.21. The normalized spacial score (nSPS) is 20.1. The van der Waals surface area contributed by atoms with Crippen LogP contribution in [0.1, 0.15) is 13.3 Å². The molecule has 0 saturated heterocycles. The van der Waals surface area contributed by atoms with Crippen molar-refractivity contribution in [1.29, 1.82) is 0 Å². The number of halogens is 2. The van der Waals surface area contributed by atoms with Crippen molar-refractivity contribution >= 4 is 23.2 Å². The number of rotatable bonds is 4. The SMILES string of the molecule is C[C@@H](Cl)C[C@H](O)[C@@H](Cl)CO. The summed E-state index contributed by atoms with van der Waals surface area (Å²) in [4.78, 5) is 0. The van der Waals surface area contributed by atoms with Crippen LogP contribution in [0.3, 0.4) is 0 Å². The molecule has 0 rings (SSSR count). The van der Waals surface area contributed by atoms with Crippen LogP contribution in [0.15, 0.2) is 0 Å². The number of hydrogen-bond donors (Lipinski definition) is 2. The lowest BCUT2D eigenvalue weighted by atomic mass is 10.1. The molecule has 3 atom stereocenters. The minimum Gasteiger partial charge on any atom is -0.395 e. The molecule has 0 heterocycles. The van der Waals surface area contributed by atoms with Gasteiger partial charge in [-0.25, -0.2) is 0 Å². The molecule has 0 fully saturated rings. The Kier molecular flexibility index (Phi) is 5.45. The first-order valence-electron chi connectivity index (χ1n) is 3.15. The van der Waals surface area contributed by atoms with Crippen LogP contribution in [0.2, 0.25) is 0 Å². The molecule has 0 spiro atoms. The van der Waals surface area contributed by atoms with Gasteiger partial charge in [0.15, 0.2) is 0 Å². The van der Waals surface area contributed by atoms with E-state index in [1.807, 2.05) is 0 Å². The first-order chi connectivity index (χ1) is 4.57. The summed E-state index contributed by atoms with van der Waals surface area (Å²) in [6.07, 6.45) is -0.296.